The molecule has 0 saturated heterocycles. The van der Waals surface area contributed by atoms with Crippen molar-refractivity contribution < 1.29 is 4.74 Å². The average Bonchev–Trinajstić information content (AvgIpc) is 2.89. The molecule has 0 aromatic heterocycles. The van der Waals surface area contributed by atoms with Crippen LogP contribution in [-0.2, 0) is 11.2 Å². The van der Waals surface area contributed by atoms with Crippen molar-refractivity contribution in [1.82, 2.24) is 0 Å². The fraction of sp³-hybridized carbons (Fsp3) is 0.571. The van der Waals surface area contributed by atoms with Crippen LogP contribution in [0.25, 0.3) is 0 Å². The maximum Gasteiger partial charge on any atom is 0.0834 e. The normalized spacial score (nSPS) is 25.7. The van der Waals surface area contributed by atoms with Gasteiger partial charge in [-0.3, -0.25) is 0 Å². The van der Waals surface area contributed by atoms with Crippen molar-refractivity contribution in [2.75, 3.05) is 0 Å². The molecule has 1 atom stereocenters. The van der Waals surface area contributed by atoms with Crippen molar-refractivity contribution >= 4 is 0 Å². The van der Waals surface area contributed by atoms with Crippen molar-refractivity contribution in [1.29, 1.82) is 0 Å². The Labute approximate surface area is 91.5 Å². The van der Waals surface area contributed by atoms with Crippen molar-refractivity contribution in [3.63, 3.8) is 0 Å². The molecule has 1 fully saturated rings. The van der Waals surface area contributed by atoms with E-state index >= 15 is 0 Å². The van der Waals surface area contributed by atoms with Crippen LogP contribution in [0.2, 0.25) is 0 Å². The fourth-order valence-electron chi connectivity index (χ4n) is 2.92. The van der Waals surface area contributed by atoms with E-state index in [0.29, 0.717) is 12.2 Å². The van der Waals surface area contributed by atoms with Crippen LogP contribution in [0.3, 0.4) is 0 Å². The van der Waals surface area contributed by atoms with Gasteiger partial charge in [0.25, 0.3) is 0 Å². The standard InChI is InChI=1S/C14H18O/c1-4-8-13-11(5-1)9-10-14(13)15-12-6-2-3-7-12/h1,4-5,8,12,14H,2-3,6-7,9-10H2. The number of benzene rings is 1. The molecule has 1 aromatic rings. The van der Waals surface area contributed by atoms with Gasteiger partial charge in [-0.2, -0.15) is 0 Å². The minimum Gasteiger partial charge on any atom is -0.370 e. The van der Waals surface area contributed by atoms with Crippen molar-refractivity contribution in [2.45, 2.75) is 50.7 Å². The lowest BCUT2D eigenvalue weighted by Crippen LogP contribution is -2.11. The van der Waals surface area contributed by atoms with E-state index in [1.807, 2.05) is 0 Å². The summed E-state index contributed by atoms with van der Waals surface area (Å²) in [5, 5.41) is 0. The topological polar surface area (TPSA) is 9.23 Å². The lowest BCUT2D eigenvalue weighted by Gasteiger charge is -2.18. The molecule has 0 heterocycles. The van der Waals surface area contributed by atoms with Gasteiger partial charge in [-0.15, -0.1) is 0 Å². The number of aryl methyl sites for hydroxylation is 1. The van der Waals surface area contributed by atoms with Gasteiger partial charge < -0.3 is 4.74 Å². The molecule has 80 valence electrons. The van der Waals surface area contributed by atoms with Gasteiger partial charge in [0.2, 0.25) is 0 Å². The summed E-state index contributed by atoms with van der Waals surface area (Å²) < 4.78 is 6.20. The monoisotopic (exact) mass is 202 g/mol. The first-order chi connectivity index (χ1) is 7.43. The van der Waals surface area contributed by atoms with E-state index in [1.54, 1.807) is 0 Å². The zero-order chi connectivity index (χ0) is 10.1. The molecule has 3 rings (SSSR count). The summed E-state index contributed by atoms with van der Waals surface area (Å²) in [4.78, 5) is 0. The predicted molar refractivity (Wildman–Crippen MR) is 60.8 cm³/mol. The number of hydrogen-bond acceptors (Lipinski definition) is 1. The predicted octanol–water partition coefficient (Wildman–Crippen LogP) is 3.63. The molecule has 0 spiro atoms. The Morgan fingerprint density at radius 2 is 1.80 bits per heavy atom. The summed E-state index contributed by atoms with van der Waals surface area (Å²) >= 11 is 0. The molecular formula is C14H18O. The lowest BCUT2D eigenvalue weighted by atomic mass is 10.1. The van der Waals surface area contributed by atoms with Crippen molar-refractivity contribution in [3.05, 3.63) is 35.4 Å². The molecule has 0 aliphatic heterocycles. The third-order valence-corrected chi connectivity index (χ3v) is 3.74. The summed E-state index contributed by atoms with van der Waals surface area (Å²) in [5.41, 5.74) is 2.95. The van der Waals surface area contributed by atoms with E-state index in [4.69, 9.17) is 4.74 Å². The van der Waals surface area contributed by atoms with Crippen LogP contribution < -0.4 is 0 Å². The van der Waals surface area contributed by atoms with Gasteiger partial charge in [-0.25, -0.2) is 0 Å². The Morgan fingerprint density at radius 1 is 1.00 bits per heavy atom. The van der Waals surface area contributed by atoms with Gasteiger partial charge in [0, 0.05) is 0 Å². The smallest absolute Gasteiger partial charge is 0.0834 e. The molecule has 0 N–H and O–H groups in total. The van der Waals surface area contributed by atoms with E-state index in [1.165, 1.54) is 49.7 Å². The molecule has 0 radical (unpaired) electrons. The summed E-state index contributed by atoms with van der Waals surface area (Å²) in [6.45, 7) is 0. The molecule has 0 amide bonds. The van der Waals surface area contributed by atoms with Gasteiger partial charge in [0.1, 0.15) is 0 Å². The van der Waals surface area contributed by atoms with Gasteiger partial charge in [-0.1, -0.05) is 37.1 Å². The van der Waals surface area contributed by atoms with Gasteiger partial charge in [0.05, 0.1) is 12.2 Å². The minimum atomic E-state index is 0.393. The van der Waals surface area contributed by atoms with Gasteiger partial charge in [0.15, 0.2) is 0 Å². The Bertz CT molecular complexity index is 339. The largest absolute Gasteiger partial charge is 0.370 e. The lowest BCUT2D eigenvalue weighted by molar-refractivity contribution is -0.00817. The Morgan fingerprint density at radius 3 is 2.67 bits per heavy atom. The second kappa shape index (κ2) is 3.97. The second-order valence-electron chi connectivity index (χ2n) is 4.77. The molecule has 1 nitrogen and oxygen atoms in total. The van der Waals surface area contributed by atoms with Crippen LogP contribution in [-0.4, -0.2) is 6.10 Å². The third-order valence-electron chi connectivity index (χ3n) is 3.74. The summed E-state index contributed by atoms with van der Waals surface area (Å²) in [6, 6.07) is 8.75. The molecule has 2 aliphatic carbocycles. The van der Waals surface area contributed by atoms with Gasteiger partial charge in [-0.05, 0) is 36.8 Å². The number of ether oxygens (including phenoxy) is 1. The second-order valence-corrected chi connectivity index (χ2v) is 4.77. The van der Waals surface area contributed by atoms with Crippen LogP contribution in [0.1, 0.15) is 49.3 Å². The minimum absolute atomic E-state index is 0.393. The van der Waals surface area contributed by atoms with E-state index in [2.05, 4.69) is 24.3 Å². The highest BCUT2D eigenvalue weighted by atomic mass is 16.5. The van der Waals surface area contributed by atoms with E-state index in [9.17, 15) is 0 Å². The molecule has 1 aromatic carbocycles. The molecule has 1 unspecified atom stereocenters. The highest BCUT2D eigenvalue weighted by molar-refractivity contribution is 5.33. The first kappa shape index (κ1) is 9.41. The average molecular weight is 202 g/mol. The first-order valence-corrected chi connectivity index (χ1v) is 6.17. The molecular weight excluding hydrogens is 184 g/mol. The first-order valence-electron chi connectivity index (χ1n) is 6.17. The molecule has 2 aliphatic rings. The van der Waals surface area contributed by atoms with Crippen LogP contribution in [0.4, 0.5) is 0 Å². The Kier molecular flexibility index (Phi) is 2.49. The SMILES string of the molecule is c1ccc2c(c1)CCC2OC1CCCC1. The van der Waals surface area contributed by atoms with Crippen LogP contribution >= 0.6 is 0 Å². The number of fused-ring (bicyclic) bond motifs is 1. The van der Waals surface area contributed by atoms with Crippen molar-refractivity contribution in [2.24, 2.45) is 0 Å². The maximum atomic E-state index is 6.20. The number of rotatable bonds is 2. The zero-order valence-corrected chi connectivity index (χ0v) is 9.11. The summed E-state index contributed by atoms with van der Waals surface area (Å²) in [7, 11) is 0. The Balaban J connectivity index is 1.73. The highest BCUT2D eigenvalue weighted by Gasteiger charge is 2.26. The summed E-state index contributed by atoms with van der Waals surface area (Å²) in [5.74, 6) is 0. The zero-order valence-electron chi connectivity index (χ0n) is 9.11. The quantitative estimate of drug-likeness (QED) is 0.711. The maximum absolute atomic E-state index is 6.20. The van der Waals surface area contributed by atoms with Crippen molar-refractivity contribution in [3.8, 4) is 0 Å². The Hall–Kier alpha value is -0.820. The fourth-order valence-corrected chi connectivity index (χ4v) is 2.92. The highest BCUT2D eigenvalue weighted by Crippen LogP contribution is 2.36. The van der Waals surface area contributed by atoms with Crippen LogP contribution in [0, 0.1) is 0 Å². The third kappa shape index (κ3) is 1.81. The molecule has 15 heavy (non-hydrogen) atoms. The van der Waals surface area contributed by atoms with Gasteiger partial charge >= 0.3 is 0 Å². The van der Waals surface area contributed by atoms with Crippen LogP contribution in [0.5, 0.6) is 0 Å². The van der Waals surface area contributed by atoms with Crippen LogP contribution in [0.15, 0.2) is 24.3 Å². The molecule has 1 saturated carbocycles. The van der Waals surface area contributed by atoms with E-state index in [0.717, 1.165) is 0 Å². The molecule has 0 bridgehead atoms. The number of hydrogen-bond donors (Lipinski definition) is 0. The summed E-state index contributed by atoms with van der Waals surface area (Å²) in [6.07, 6.45) is 8.60. The molecule has 1 heteroatoms. The van der Waals surface area contributed by atoms with E-state index in [-0.39, 0.29) is 0 Å². The van der Waals surface area contributed by atoms with E-state index < -0.39 is 0 Å².